The topological polar surface area (TPSA) is 35.0 Å². The number of ether oxygens (including phenoxy) is 1. The van der Waals surface area contributed by atoms with Crippen LogP contribution >= 0.6 is 11.6 Å². The van der Waals surface area contributed by atoms with Gasteiger partial charge in [-0.1, -0.05) is 48.0 Å². The third-order valence-corrected chi connectivity index (χ3v) is 2.99. The van der Waals surface area contributed by atoms with Crippen molar-refractivity contribution < 1.29 is 4.74 Å². The van der Waals surface area contributed by atoms with Crippen molar-refractivity contribution in [2.45, 2.75) is 6.61 Å². The predicted octanol–water partition coefficient (Wildman–Crippen LogP) is 3.86. The molecule has 0 fully saturated rings. The summed E-state index contributed by atoms with van der Waals surface area (Å²) >= 11 is 5.69. The van der Waals surface area contributed by atoms with Gasteiger partial charge in [0.2, 0.25) is 0 Å². The first-order valence-electron chi connectivity index (χ1n) is 5.90. The van der Waals surface area contributed by atoms with E-state index in [9.17, 15) is 0 Å². The molecule has 0 aliphatic carbocycles. The van der Waals surface area contributed by atoms with Crippen molar-refractivity contribution in [2.24, 2.45) is 0 Å². The van der Waals surface area contributed by atoms with Crippen molar-refractivity contribution in [1.29, 1.82) is 0 Å². The summed E-state index contributed by atoms with van der Waals surface area (Å²) in [6.45, 7) is 0.373. The lowest BCUT2D eigenvalue weighted by atomic mass is 10.1. The highest BCUT2D eigenvalue weighted by Crippen LogP contribution is 2.25. The first kappa shape index (κ1) is 11.9. The van der Waals surface area contributed by atoms with Gasteiger partial charge in [-0.05, 0) is 11.5 Å². The van der Waals surface area contributed by atoms with Gasteiger partial charge < -0.3 is 4.74 Å². The molecule has 0 radical (unpaired) electrons. The Hall–Kier alpha value is -2.13. The Morgan fingerprint density at radius 3 is 2.63 bits per heavy atom. The van der Waals surface area contributed by atoms with E-state index in [1.165, 1.54) is 6.20 Å². The number of rotatable bonds is 3. The Balaban J connectivity index is 1.84. The molecule has 0 amide bonds. The highest BCUT2D eigenvalue weighted by atomic mass is 35.5. The molecule has 0 aliphatic heterocycles. The lowest BCUT2D eigenvalue weighted by molar-refractivity contribution is 0.304. The van der Waals surface area contributed by atoms with E-state index in [1.54, 1.807) is 6.20 Å². The van der Waals surface area contributed by atoms with Gasteiger partial charge in [-0.2, -0.15) is 0 Å². The molecule has 3 nitrogen and oxygen atoms in total. The van der Waals surface area contributed by atoms with Crippen LogP contribution in [0.15, 0.2) is 54.9 Å². The number of halogens is 1. The molecule has 2 aromatic carbocycles. The average molecular weight is 271 g/mol. The van der Waals surface area contributed by atoms with Crippen LogP contribution in [-0.4, -0.2) is 9.97 Å². The normalized spacial score (nSPS) is 10.6. The van der Waals surface area contributed by atoms with Crippen molar-refractivity contribution >= 4 is 22.4 Å². The number of hydrogen-bond acceptors (Lipinski definition) is 3. The van der Waals surface area contributed by atoms with Crippen LogP contribution in [0, 0.1) is 0 Å². The van der Waals surface area contributed by atoms with Crippen molar-refractivity contribution in [3.8, 4) is 5.75 Å². The molecule has 0 atom stereocenters. The van der Waals surface area contributed by atoms with Gasteiger partial charge in [-0.25, -0.2) is 4.98 Å². The van der Waals surface area contributed by atoms with Gasteiger partial charge in [0, 0.05) is 5.39 Å². The first-order valence-corrected chi connectivity index (χ1v) is 6.28. The molecule has 0 unspecified atom stereocenters. The van der Waals surface area contributed by atoms with E-state index in [1.807, 2.05) is 30.3 Å². The summed E-state index contributed by atoms with van der Waals surface area (Å²) in [5, 5.41) is 2.63. The van der Waals surface area contributed by atoms with Crippen LogP contribution in [-0.2, 0) is 6.61 Å². The van der Waals surface area contributed by atoms with E-state index in [4.69, 9.17) is 16.3 Å². The minimum atomic E-state index is 0.373. The van der Waals surface area contributed by atoms with Gasteiger partial charge in [-0.15, -0.1) is 0 Å². The maximum absolute atomic E-state index is 5.80. The van der Waals surface area contributed by atoms with Crippen molar-refractivity contribution in [1.82, 2.24) is 9.97 Å². The molecule has 3 rings (SSSR count). The van der Waals surface area contributed by atoms with Crippen LogP contribution in [0.1, 0.15) is 5.69 Å². The van der Waals surface area contributed by atoms with Gasteiger partial charge in [0.05, 0.1) is 18.1 Å². The fraction of sp³-hybridized carbons (Fsp3) is 0.0667. The molecule has 3 aromatic rings. The van der Waals surface area contributed by atoms with Gasteiger partial charge in [0.1, 0.15) is 17.5 Å². The zero-order chi connectivity index (χ0) is 13.1. The van der Waals surface area contributed by atoms with E-state index < -0.39 is 0 Å². The van der Waals surface area contributed by atoms with Crippen LogP contribution in [0.3, 0.4) is 0 Å². The number of nitrogens with zero attached hydrogens (tertiary/aromatic N) is 2. The standard InChI is InChI=1S/C15H11ClN2O/c16-15-9-17-12(8-18-15)10-19-14-7-3-5-11-4-1-2-6-13(11)14/h1-9H,10H2. The van der Waals surface area contributed by atoms with Gasteiger partial charge in [0.15, 0.2) is 0 Å². The number of fused-ring (bicyclic) bond motifs is 1. The summed E-state index contributed by atoms with van der Waals surface area (Å²) in [7, 11) is 0. The molecule has 0 saturated carbocycles. The van der Waals surface area contributed by atoms with Crippen molar-refractivity contribution in [2.75, 3.05) is 0 Å². The molecule has 1 heterocycles. The van der Waals surface area contributed by atoms with E-state index in [0.29, 0.717) is 11.8 Å². The Morgan fingerprint density at radius 2 is 1.79 bits per heavy atom. The first-order chi connectivity index (χ1) is 9.33. The Morgan fingerprint density at radius 1 is 0.947 bits per heavy atom. The second-order valence-electron chi connectivity index (χ2n) is 4.10. The molecule has 0 spiro atoms. The lowest BCUT2D eigenvalue weighted by Crippen LogP contribution is -1.99. The van der Waals surface area contributed by atoms with Gasteiger partial charge in [0.25, 0.3) is 0 Å². The van der Waals surface area contributed by atoms with Crippen LogP contribution in [0.5, 0.6) is 5.75 Å². The third-order valence-electron chi connectivity index (χ3n) is 2.80. The monoisotopic (exact) mass is 270 g/mol. The number of benzene rings is 2. The Kier molecular flexibility index (Phi) is 3.29. The quantitative estimate of drug-likeness (QED) is 0.725. The molecule has 19 heavy (non-hydrogen) atoms. The molecule has 4 heteroatoms. The molecule has 0 aliphatic rings. The second kappa shape index (κ2) is 5.24. The zero-order valence-corrected chi connectivity index (χ0v) is 10.8. The second-order valence-corrected chi connectivity index (χ2v) is 4.48. The molecule has 1 aromatic heterocycles. The molecular formula is C15H11ClN2O. The predicted molar refractivity (Wildman–Crippen MR) is 75.3 cm³/mol. The Labute approximate surface area is 115 Å². The fourth-order valence-corrected chi connectivity index (χ4v) is 1.98. The summed E-state index contributed by atoms with van der Waals surface area (Å²) < 4.78 is 5.80. The molecule has 0 N–H and O–H groups in total. The maximum Gasteiger partial charge on any atom is 0.147 e. The third kappa shape index (κ3) is 2.66. The van der Waals surface area contributed by atoms with E-state index in [-0.39, 0.29) is 0 Å². The largest absolute Gasteiger partial charge is 0.487 e. The summed E-state index contributed by atoms with van der Waals surface area (Å²) in [6, 6.07) is 14.1. The smallest absolute Gasteiger partial charge is 0.147 e. The molecule has 94 valence electrons. The van der Waals surface area contributed by atoms with Crippen LogP contribution in [0.2, 0.25) is 5.15 Å². The van der Waals surface area contributed by atoms with Crippen molar-refractivity contribution in [3.63, 3.8) is 0 Å². The summed E-state index contributed by atoms with van der Waals surface area (Å²) in [5.41, 5.74) is 0.748. The minimum absolute atomic E-state index is 0.373. The number of hydrogen-bond donors (Lipinski definition) is 0. The maximum atomic E-state index is 5.80. The molecule has 0 saturated heterocycles. The SMILES string of the molecule is Clc1cnc(COc2cccc3ccccc23)cn1. The lowest BCUT2D eigenvalue weighted by Gasteiger charge is -2.08. The summed E-state index contributed by atoms with van der Waals surface area (Å²) in [5.74, 6) is 0.842. The minimum Gasteiger partial charge on any atom is -0.487 e. The van der Waals surface area contributed by atoms with E-state index in [0.717, 1.165) is 22.2 Å². The van der Waals surface area contributed by atoms with Gasteiger partial charge in [-0.3, -0.25) is 4.98 Å². The van der Waals surface area contributed by atoms with Crippen LogP contribution < -0.4 is 4.74 Å². The number of aromatic nitrogens is 2. The van der Waals surface area contributed by atoms with E-state index >= 15 is 0 Å². The van der Waals surface area contributed by atoms with Crippen LogP contribution in [0.25, 0.3) is 10.8 Å². The highest BCUT2D eigenvalue weighted by molar-refractivity contribution is 6.29. The van der Waals surface area contributed by atoms with Crippen LogP contribution in [0.4, 0.5) is 0 Å². The van der Waals surface area contributed by atoms with E-state index in [2.05, 4.69) is 22.1 Å². The summed E-state index contributed by atoms with van der Waals surface area (Å²) in [6.07, 6.45) is 3.14. The molecule has 0 bridgehead atoms. The van der Waals surface area contributed by atoms with Crippen molar-refractivity contribution in [3.05, 3.63) is 65.7 Å². The average Bonchev–Trinajstić information content (AvgIpc) is 2.47. The Bertz CT molecular complexity index is 693. The zero-order valence-electron chi connectivity index (χ0n) is 10.1. The molecular weight excluding hydrogens is 260 g/mol. The summed E-state index contributed by atoms with van der Waals surface area (Å²) in [4.78, 5) is 8.13. The highest BCUT2D eigenvalue weighted by Gasteiger charge is 2.02. The van der Waals surface area contributed by atoms with Gasteiger partial charge >= 0.3 is 0 Å². The fourth-order valence-electron chi connectivity index (χ4n) is 1.89.